The highest BCUT2D eigenvalue weighted by molar-refractivity contribution is 5.54. The fourth-order valence-corrected chi connectivity index (χ4v) is 2.03. The fourth-order valence-electron chi connectivity index (χ4n) is 2.03. The van der Waals surface area contributed by atoms with E-state index in [1.165, 1.54) is 0 Å². The van der Waals surface area contributed by atoms with Gasteiger partial charge in [0.25, 0.3) is 0 Å². The number of aryl methyl sites for hydroxylation is 1. The van der Waals surface area contributed by atoms with Crippen LogP contribution in [0.15, 0.2) is 48.7 Å². The van der Waals surface area contributed by atoms with Crippen molar-refractivity contribution in [3.63, 3.8) is 0 Å². The third-order valence-electron chi connectivity index (χ3n) is 2.98. The lowest BCUT2D eigenvalue weighted by molar-refractivity contribution is 0.867. The van der Waals surface area contributed by atoms with E-state index in [1.807, 2.05) is 61.1 Å². The Labute approximate surface area is 122 Å². The molecule has 2 heterocycles. The van der Waals surface area contributed by atoms with Gasteiger partial charge in [0.05, 0.1) is 11.4 Å². The summed E-state index contributed by atoms with van der Waals surface area (Å²) in [5, 5.41) is 10.7. The molecule has 0 atom stereocenters. The highest BCUT2D eigenvalue weighted by Crippen LogP contribution is 2.20. The van der Waals surface area contributed by atoms with Crippen LogP contribution in [-0.2, 0) is 0 Å². The third-order valence-corrected chi connectivity index (χ3v) is 2.98. The van der Waals surface area contributed by atoms with Gasteiger partial charge in [0, 0.05) is 19.3 Å². The number of hydrogen-bond donors (Lipinski definition) is 2. The molecule has 106 valence electrons. The van der Waals surface area contributed by atoms with Gasteiger partial charge in [-0.05, 0) is 25.1 Å². The number of benzene rings is 1. The number of nitrogens with zero attached hydrogens (tertiary/aromatic N) is 4. The van der Waals surface area contributed by atoms with Crippen LogP contribution >= 0.6 is 0 Å². The molecule has 0 aliphatic heterocycles. The summed E-state index contributed by atoms with van der Waals surface area (Å²) in [6.45, 7) is 1.95. The predicted molar refractivity (Wildman–Crippen MR) is 83.2 cm³/mol. The number of para-hydroxylation sites is 1. The molecule has 3 aromatic rings. The number of hydrogen-bond acceptors (Lipinski definition) is 5. The summed E-state index contributed by atoms with van der Waals surface area (Å²) >= 11 is 0. The Morgan fingerprint density at radius 3 is 2.67 bits per heavy atom. The SMILES string of the molecule is CNc1ccnc(Nc2cc(C)nn2-c2ccccc2)n1. The van der Waals surface area contributed by atoms with Crippen LogP contribution in [0.2, 0.25) is 0 Å². The smallest absolute Gasteiger partial charge is 0.230 e. The summed E-state index contributed by atoms with van der Waals surface area (Å²) in [4.78, 5) is 8.58. The van der Waals surface area contributed by atoms with Crippen molar-refractivity contribution in [3.8, 4) is 5.69 Å². The molecule has 0 saturated carbocycles. The van der Waals surface area contributed by atoms with E-state index >= 15 is 0 Å². The minimum absolute atomic E-state index is 0.527. The summed E-state index contributed by atoms with van der Waals surface area (Å²) in [5.41, 5.74) is 1.91. The minimum Gasteiger partial charge on any atom is -0.373 e. The Morgan fingerprint density at radius 2 is 1.90 bits per heavy atom. The lowest BCUT2D eigenvalue weighted by Gasteiger charge is -2.09. The van der Waals surface area contributed by atoms with Crippen molar-refractivity contribution >= 4 is 17.6 Å². The summed E-state index contributed by atoms with van der Waals surface area (Å²) < 4.78 is 1.84. The molecule has 0 amide bonds. The molecule has 0 fully saturated rings. The first kappa shape index (κ1) is 13.1. The van der Waals surface area contributed by atoms with Crippen molar-refractivity contribution in [1.82, 2.24) is 19.7 Å². The molecule has 1 aromatic carbocycles. The molecule has 2 N–H and O–H groups in total. The molecular formula is C15H16N6. The second kappa shape index (κ2) is 5.62. The van der Waals surface area contributed by atoms with Gasteiger partial charge in [-0.2, -0.15) is 10.1 Å². The van der Waals surface area contributed by atoms with E-state index in [4.69, 9.17) is 0 Å². The van der Waals surface area contributed by atoms with Gasteiger partial charge in [-0.15, -0.1) is 0 Å². The average molecular weight is 280 g/mol. The van der Waals surface area contributed by atoms with Crippen LogP contribution < -0.4 is 10.6 Å². The molecule has 0 spiro atoms. The number of anilines is 3. The van der Waals surface area contributed by atoms with E-state index in [0.717, 1.165) is 23.0 Å². The first-order valence-corrected chi connectivity index (χ1v) is 6.66. The van der Waals surface area contributed by atoms with Gasteiger partial charge in [0.2, 0.25) is 5.95 Å². The maximum absolute atomic E-state index is 4.50. The Hall–Kier alpha value is -2.89. The molecule has 0 aliphatic rings. The van der Waals surface area contributed by atoms with Crippen LogP contribution in [0.1, 0.15) is 5.69 Å². The lowest BCUT2D eigenvalue weighted by atomic mass is 10.3. The van der Waals surface area contributed by atoms with E-state index in [1.54, 1.807) is 6.20 Å². The Morgan fingerprint density at radius 1 is 1.10 bits per heavy atom. The van der Waals surface area contributed by atoms with Crippen molar-refractivity contribution in [2.45, 2.75) is 6.92 Å². The van der Waals surface area contributed by atoms with Crippen molar-refractivity contribution in [1.29, 1.82) is 0 Å². The molecule has 0 aliphatic carbocycles. The summed E-state index contributed by atoms with van der Waals surface area (Å²) in [7, 11) is 1.82. The monoisotopic (exact) mass is 280 g/mol. The zero-order valence-electron chi connectivity index (χ0n) is 11.9. The normalized spacial score (nSPS) is 10.4. The van der Waals surface area contributed by atoms with Gasteiger partial charge in [0.15, 0.2) is 0 Å². The van der Waals surface area contributed by atoms with E-state index in [-0.39, 0.29) is 0 Å². The van der Waals surface area contributed by atoms with Crippen molar-refractivity contribution in [3.05, 3.63) is 54.4 Å². The molecule has 21 heavy (non-hydrogen) atoms. The van der Waals surface area contributed by atoms with Gasteiger partial charge in [-0.25, -0.2) is 9.67 Å². The number of rotatable bonds is 4. The summed E-state index contributed by atoms with van der Waals surface area (Å²) in [6.07, 6.45) is 1.71. The maximum atomic E-state index is 4.50. The first-order chi connectivity index (χ1) is 10.3. The van der Waals surface area contributed by atoms with Crippen molar-refractivity contribution < 1.29 is 0 Å². The standard InChI is InChI=1S/C15H16N6/c1-11-10-14(19-15-17-9-8-13(16-2)18-15)21(20-11)12-6-4-3-5-7-12/h3-10H,1-2H3,(H2,16,17,18,19). The summed E-state index contributed by atoms with van der Waals surface area (Å²) in [6, 6.07) is 13.7. The zero-order valence-corrected chi connectivity index (χ0v) is 11.9. The van der Waals surface area contributed by atoms with E-state index < -0.39 is 0 Å². The Kier molecular flexibility index (Phi) is 3.51. The molecule has 3 rings (SSSR count). The van der Waals surface area contributed by atoms with E-state index in [0.29, 0.717) is 5.95 Å². The van der Waals surface area contributed by atoms with Crippen LogP contribution in [0.5, 0.6) is 0 Å². The highest BCUT2D eigenvalue weighted by Gasteiger charge is 2.09. The molecule has 6 nitrogen and oxygen atoms in total. The Bertz CT molecular complexity index is 735. The van der Waals surface area contributed by atoms with Gasteiger partial charge in [-0.1, -0.05) is 18.2 Å². The number of nitrogens with one attached hydrogen (secondary N) is 2. The zero-order chi connectivity index (χ0) is 14.7. The van der Waals surface area contributed by atoms with Crippen molar-refractivity contribution in [2.75, 3.05) is 17.7 Å². The van der Waals surface area contributed by atoms with Crippen LogP contribution in [0, 0.1) is 6.92 Å². The van der Waals surface area contributed by atoms with Crippen LogP contribution in [0.3, 0.4) is 0 Å². The maximum Gasteiger partial charge on any atom is 0.230 e. The quantitative estimate of drug-likeness (QED) is 0.769. The van der Waals surface area contributed by atoms with E-state index in [2.05, 4.69) is 25.7 Å². The molecule has 0 bridgehead atoms. The van der Waals surface area contributed by atoms with Gasteiger partial charge in [0.1, 0.15) is 11.6 Å². The molecule has 6 heteroatoms. The average Bonchev–Trinajstić information content (AvgIpc) is 2.89. The largest absolute Gasteiger partial charge is 0.373 e. The molecule has 2 aromatic heterocycles. The molecular weight excluding hydrogens is 264 g/mol. The minimum atomic E-state index is 0.527. The van der Waals surface area contributed by atoms with Crippen LogP contribution in [0.4, 0.5) is 17.6 Å². The molecule has 0 saturated heterocycles. The Balaban J connectivity index is 1.96. The number of aromatic nitrogens is 4. The topological polar surface area (TPSA) is 67.7 Å². The van der Waals surface area contributed by atoms with Crippen LogP contribution in [-0.4, -0.2) is 26.8 Å². The first-order valence-electron chi connectivity index (χ1n) is 6.66. The lowest BCUT2D eigenvalue weighted by Crippen LogP contribution is -2.05. The van der Waals surface area contributed by atoms with Gasteiger partial charge >= 0.3 is 0 Å². The highest BCUT2D eigenvalue weighted by atomic mass is 15.3. The second-order valence-electron chi connectivity index (χ2n) is 4.56. The predicted octanol–water partition coefficient (Wildman–Crippen LogP) is 2.76. The van der Waals surface area contributed by atoms with Gasteiger partial charge < -0.3 is 10.6 Å². The van der Waals surface area contributed by atoms with Gasteiger partial charge in [-0.3, -0.25) is 0 Å². The third kappa shape index (κ3) is 2.84. The van der Waals surface area contributed by atoms with E-state index in [9.17, 15) is 0 Å². The molecule has 0 unspecified atom stereocenters. The van der Waals surface area contributed by atoms with Crippen molar-refractivity contribution in [2.24, 2.45) is 0 Å². The second-order valence-corrected chi connectivity index (χ2v) is 4.56. The molecule has 0 radical (unpaired) electrons. The summed E-state index contributed by atoms with van der Waals surface area (Å²) in [5.74, 6) is 2.11. The van der Waals surface area contributed by atoms with Crippen LogP contribution in [0.25, 0.3) is 5.69 Å². The fraction of sp³-hybridized carbons (Fsp3) is 0.133.